The Morgan fingerprint density at radius 2 is 1.71 bits per heavy atom. The molecule has 1 aromatic heterocycles. The van der Waals surface area contributed by atoms with Crippen LogP contribution in [0, 0.1) is 18.6 Å². The van der Waals surface area contributed by atoms with E-state index in [1.54, 1.807) is 6.92 Å². The Bertz CT molecular complexity index is 1190. The number of nitrogens with zero attached hydrogens (tertiary/aromatic N) is 2. The molecule has 28 heavy (non-hydrogen) atoms. The van der Waals surface area contributed by atoms with Crippen LogP contribution >= 0.6 is 11.6 Å². The van der Waals surface area contributed by atoms with Crippen molar-refractivity contribution in [1.29, 1.82) is 0 Å². The van der Waals surface area contributed by atoms with Crippen LogP contribution in [0.25, 0.3) is 5.69 Å². The first-order chi connectivity index (χ1) is 13.3. The lowest BCUT2D eigenvalue weighted by atomic mass is 10.2. The Kier molecular flexibility index (Phi) is 5.41. The molecule has 0 radical (unpaired) electrons. The molecule has 0 atom stereocenters. The van der Waals surface area contributed by atoms with Gasteiger partial charge in [0.25, 0.3) is 0 Å². The smallest absolute Gasteiger partial charge is 0.320 e. The molecular weight excluding hydrogens is 392 g/mol. The van der Waals surface area contributed by atoms with E-state index in [4.69, 9.17) is 11.6 Å². The average molecular weight is 406 g/mol. The summed E-state index contributed by atoms with van der Waals surface area (Å²) < 4.78 is 28.7. The third kappa shape index (κ3) is 4.01. The molecule has 0 fully saturated rings. The van der Waals surface area contributed by atoms with E-state index in [9.17, 15) is 23.2 Å². The van der Waals surface area contributed by atoms with Gasteiger partial charge in [-0.15, -0.1) is 0 Å². The van der Waals surface area contributed by atoms with Crippen LogP contribution in [-0.2, 0) is 11.3 Å². The van der Waals surface area contributed by atoms with Crippen LogP contribution in [0.15, 0.2) is 58.4 Å². The summed E-state index contributed by atoms with van der Waals surface area (Å²) in [7, 11) is 0. The van der Waals surface area contributed by atoms with Crippen LogP contribution in [0.2, 0.25) is 5.02 Å². The molecule has 2 aromatic carbocycles. The van der Waals surface area contributed by atoms with E-state index in [0.29, 0.717) is 5.56 Å². The maximum absolute atomic E-state index is 13.5. The van der Waals surface area contributed by atoms with Crippen LogP contribution in [-0.4, -0.2) is 15.0 Å². The number of amides is 1. The maximum atomic E-state index is 13.5. The molecule has 0 aliphatic rings. The first-order valence-electron chi connectivity index (χ1n) is 8.10. The summed E-state index contributed by atoms with van der Waals surface area (Å²) >= 11 is 5.88. The van der Waals surface area contributed by atoms with Gasteiger partial charge in [-0.1, -0.05) is 17.7 Å². The second-order valence-electron chi connectivity index (χ2n) is 6.01. The normalized spacial score (nSPS) is 10.7. The number of benzene rings is 2. The molecule has 144 valence electrons. The Balaban J connectivity index is 1.88. The van der Waals surface area contributed by atoms with Crippen molar-refractivity contribution in [2.24, 2.45) is 0 Å². The monoisotopic (exact) mass is 405 g/mol. The van der Waals surface area contributed by atoms with E-state index in [2.05, 4.69) is 5.32 Å². The molecule has 3 aromatic rings. The van der Waals surface area contributed by atoms with E-state index < -0.39 is 35.2 Å². The molecule has 0 spiro atoms. The van der Waals surface area contributed by atoms with Gasteiger partial charge in [0, 0.05) is 12.4 Å². The number of anilines is 1. The summed E-state index contributed by atoms with van der Waals surface area (Å²) in [6.07, 6.45) is 2.51. The molecular formula is C19H14ClF2N3O3. The van der Waals surface area contributed by atoms with Gasteiger partial charge in [0.15, 0.2) is 0 Å². The molecule has 0 aliphatic heterocycles. The summed E-state index contributed by atoms with van der Waals surface area (Å²) in [6.45, 7) is 1.19. The van der Waals surface area contributed by atoms with E-state index >= 15 is 0 Å². The summed E-state index contributed by atoms with van der Waals surface area (Å²) in [5.74, 6) is -1.82. The quantitative estimate of drug-likeness (QED) is 0.678. The Labute approximate surface area is 162 Å². The maximum Gasteiger partial charge on any atom is 0.320 e. The van der Waals surface area contributed by atoms with Gasteiger partial charge in [-0.05, 0) is 42.8 Å². The number of aromatic nitrogens is 2. The van der Waals surface area contributed by atoms with Gasteiger partial charge in [-0.2, -0.15) is 0 Å². The summed E-state index contributed by atoms with van der Waals surface area (Å²) in [5.41, 5.74) is -1.03. The zero-order valence-electron chi connectivity index (χ0n) is 14.6. The molecule has 9 heteroatoms. The van der Waals surface area contributed by atoms with Crippen molar-refractivity contribution in [1.82, 2.24) is 9.13 Å². The number of carbonyl (C=O) groups is 1. The van der Waals surface area contributed by atoms with E-state index in [-0.39, 0.29) is 16.4 Å². The number of rotatable bonds is 4. The van der Waals surface area contributed by atoms with Crippen molar-refractivity contribution in [3.05, 3.63) is 91.7 Å². The second-order valence-corrected chi connectivity index (χ2v) is 6.42. The fraction of sp³-hybridized carbons (Fsp3) is 0.105. The first-order valence-corrected chi connectivity index (χ1v) is 8.47. The molecule has 0 bridgehead atoms. The van der Waals surface area contributed by atoms with Crippen molar-refractivity contribution in [3.8, 4) is 5.69 Å². The van der Waals surface area contributed by atoms with Crippen LogP contribution in [0.5, 0.6) is 0 Å². The highest BCUT2D eigenvalue weighted by atomic mass is 35.5. The lowest BCUT2D eigenvalue weighted by Crippen LogP contribution is -2.41. The van der Waals surface area contributed by atoms with Crippen LogP contribution in [0.3, 0.4) is 0 Å². The fourth-order valence-electron chi connectivity index (χ4n) is 2.60. The van der Waals surface area contributed by atoms with Crippen molar-refractivity contribution >= 4 is 23.2 Å². The summed E-state index contributed by atoms with van der Waals surface area (Å²) in [5, 5.41) is 2.50. The van der Waals surface area contributed by atoms with E-state index in [1.807, 2.05) is 0 Å². The summed E-state index contributed by atoms with van der Waals surface area (Å²) in [6, 6.07) is 7.32. The van der Waals surface area contributed by atoms with Crippen LogP contribution in [0.4, 0.5) is 14.5 Å². The number of hydrogen-bond acceptors (Lipinski definition) is 3. The number of hydrogen-bond donors (Lipinski definition) is 1. The molecule has 0 saturated heterocycles. The van der Waals surface area contributed by atoms with Crippen LogP contribution in [0.1, 0.15) is 5.56 Å². The van der Waals surface area contributed by atoms with Crippen LogP contribution < -0.4 is 16.4 Å². The van der Waals surface area contributed by atoms with Crippen molar-refractivity contribution in [2.45, 2.75) is 13.5 Å². The highest BCUT2D eigenvalue weighted by Crippen LogP contribution is 2.22. The standard InChI is InChI=1S/C19H14ClF2N3O3/c1-11-2-3-13(22)9-16(11)25-7-6-24(18(27)19(25)28)10-17(26)23-15-8-12(21)4-5-14(15)20/h2-9H,10H2,1H3,(H,23,26). The molecule has 1 N–H and O–H groups in total. The van der Waals surface area contributed by atoms with Gasteiger partial charge < -0.3 is 5.32 Å². The largest absolute Gasteiger partial charge is 0.323 e. The minimum absolute atomic E-state index is 0.0449. The number of halogens is 3. The van der Waals surface area contributed by atoms with Crippen molar-refractivity contribution in [2.75, 3.05) is 5.32 Å². The molecule has 6 nitrogen and oxygen atoms in total. The lowest BCUT2D eigenvalue weighted by molar-refractivity contribution is -0.116. The van der Waals surface area contributed by atoms with Crippen molar-refractivity contribution in [3.63, 3.8) is 0 Å². The molecule has 1 amide bonds. The zero-order chi connectivity index (χ0) is 20.4. The van der Waals surface area contributed by atoms with E-state index in [0.717, 1.165) is 27.3 Å². The molecule has 3 rings (SSSR count). The third-order valence-corrected chi connectivity index (χ3v) is 4.34. The first kappa shape index (κ1) is 19.5. The second kappa shape index (κ2) is 7.77. The highest BCUT2D eigenvalue weighted by Gasteiger charge is 2.13. The molecule has 0 unspecified atom stereocenters. The molecule has 0 aliphatic carbocycles. The van der Waals surface area contributed by atoms with Gasteiger partial charge in [0.2, 0.25) is 5.91 Å². The fourth-order valence-corrected chi connectivity index (χ4v) is 2.77. The Morgan fingerprint density at radius 1 is 1.04 bits per heavy atom. The van der Waals surface area contributed by atoms with Gasteiger partial charge in [0.05, 0.1) is 16.4 Å². The van der Waals surface area contributed by atoms with Gasteiger partial charge >= 0.3 is 11.1 Å². The van der Waals surface area contributed by atoms with Gasteiger partial charge in [-0.3, -0.25) is 23.5 Å². The zero-order valence-corrected chi connectivity index (χ0v) is 15.3. The predicted octanol–water partition coefficient (Wildman–Crippen LogP) is 2.88. The average Bonchev–Trinajstić information content (AvgIpc) is 2.64. The minimum Gasteiger partial charge on any atom is -0.323 e. The third-order valence-electron chi connectivity index (χ3n) is 4.01. The molecule has 0 saturated carbocycles. The minimum atomic E-state index is -0.966. The Hall–Kier alpha value is -3.26. The number of carbonyl (C=O) groups excluding carboxylic acids is 1. The van der Waals surface area contributed by atoms with E-state index in [1.165, 1.54) is 30.6 Å². The van der Waals surface area contributed by atoms with Crippen molar-refractivity contribution < 1.29 is 13.6 Å². The topological polar surface area (TPSA) is 73.1 Å². The lowest BCUT2D eigenvalue weighted by Gasteiger charge is -2.12. The number of aryl methyl sites for hydroxylation is 1. The summed E-state index contributed by atoms with van der Waals surface area (Å²) in [4.78, 5) is 36.9. The van der Waals surface area contributed by atoms with Gasteiger partial charge in [-0.25, -0.2) is 8.78 Å². The Morgan fingerprint density at radius 3 is 2.46 bits per heavy atom. The van der Waals surface area contributed by atoms with Gasteiger partial charge in [0.1, 0.15) is 18.2 Å². The number of nitrogens with one attached hydrogen (secondary N) is 1. The predicted molar refractivity (Wildman–Crippen MR) is 101 cm³/mol. The molecule has 1 heterocycles. The SMILES string of the molecule is Cc1ccc(F)cc1-n1ccn(CC(=O)Nc2cc(F)ccc2Cl)c(=O)c1=O. The highest BCUT2D eigenvalue weighted by molar-refractivity contribution is 6.33.